The minimum atomic E-state index is 0. The predicted octanol–water partition coefficient (Wildman–Crippen LogP) is 3.21. The molecule has 1 fully saturated rings. The maximum atomic E-state index is 4.44. The maximum Gasteiger partial charge on any atom is 0.193 e. The van der Waals surface area contributed by atoms with Crippen molar-refractivity contribution in [3.05, 3.63) is 17.5 Å². The molecular formula is C15H27IN4S2. The van der Waals surface area contributed by atoms with Crippen molar-refractivity contribution in [3.63, 3.8) is 0 Å². The van der Waals surface area contributed by atoms with E-state index in [9.17, 15) is 0 Å². The Morgan fingerprint density at radius 3 is 2.55 bits per heavy atom. The van der Waals surface area contributed by atoms with Crippen LogP contribution in [0.3, 0.4) is 0 Å². The predicted molar refractivity (Wildman–Crippen MR) is 112 cm³/mol. The van der Waals surface area contributed by atoms with E-state index in [1.165, 1.54) is 5.00 Å². The Morgan fingerprint density at radius 2 is 2.05 bits per heavy atom. The highest BCUT2D eigenvalue weighted by Crippen LogP contribution is 2.22. The summed E-state index contributed by atoms with van der Waals surface area (Å²) >= 11 is 3.70. The molecule has 0 aromatic carbocycles. The second kappa shape index (κ2) is 9.22. The zero-order valence-corrected chi connectivity index (χ0v) is 17.8. The topological polar surface area (TPSA) is 30.9 Å². The number of guanidine groups is 1. The van der Waals surface area contributed by atoms with Gasteiger partial charge in [0, 0.05) is 44.5 Å². The molecule has 126 valence electrons. The van der Waals surface area contributed by atoms with Crippen molar-refractivity contribution in [2.45, 2.75) is 18.6 Å². The number of anilines is 1. The van der Waals surface area contributed by atoms with Crippen LogP contribution in [-0.2, 0) is 0 Å². The van der Waals surface area contributed by atoms with Gasteiger partial charge in [0.25, 0.3) is 0 Å². The molecule has 2 rings (SSSR count). The summed E-state index contributed by atoms with van der Waals surface area (Å²) in [5.74, 6) is 1.03. The molecule has 0 aliphatic carbocycles. The lowest BCUT2D eigenvalue weighted by atomic mass is 10.2. The number of hydrogen-bond donors (Lipinski definition) is 1. The van der Waals surface area contributed by atoms with Crippen molar-refractivity contribution < 1.29 is 0 Å². The van der Waals surface area contributed by atoms with Gasteiger partial charge in [-0.2, -0.15) is 11.8 Å². The third kappa shape index (κ3) is 5.49. The zero-order valence-electron chi connectivity index (χ0n) is 13.8. The van der Waals surface area contributed by atoms with E-state index in [1.54, 1.807) is 0 Å². The SMILES string of the molecule is CN=C(NCC(C)(C)SC)N1CCN(c2cccs2)CC1.I. The van der Waals surface area contributed by atoms with Gasteiger partial charge in [-0.15, -0.1) is 35.3 Å². The molecule has 0 atom stereocenters. The molecule has 4 nitrogen and oxygen atoms in total. The fourth-order valence-electron chi connectivity index (χ4n) is 2.28. The minimum absolute atomic E-state index is 0. The lowest BCUT2D eigenvalue weighted by Gasteiger charge is -2.37. The zero-order chi connectivity index (χ0) is 15.3. The summed E-state index contributed by atoms with van der Waals surface area (Å²) in [5, 5.41) is 7.04. The fraction of sp³-hybridized carbons (Fsp3) is 0.667. The Balaban J connectivity index is 0.00000242. The monoisotopic (exact) mass is 454 g/mol. The smallest absolute Gasteiger partial charge is 0.193 e. The summed E-state index contributed by atoms with van der Waals surface area (Å²) in [4.78, 5) is 9.26. The van der Waals surface area contributed by atoms with E-state index >= 15 is 0 Å². The molecule has 1 aromatic rings. The molecule has 7 heteroatoms. The van der Waals surface area contributed by atoms with E-state index in [2.05, 4.69) is 57.7 Å². The van der Waals surface area contributed by atoms with Gasteiger partial charge in [0.15, 0.2) is 5.96 Å². The Morgan fingerprint density at radius 1 is 1.36 bits per heavy atom. The highest BCUT2D eigenvalue weighted by Gasteiger charge is 2.22. The lowest BCUT2D eigenvalue weighted by molar-refractivity contribution is 0.372. The normalized spacial score (nSPS) is 16.5. The number of halogens is 1. The molecule has 2 heterocycles. The van der Waals surface area contributed by atoms with E-state index in [1.807, 2.05) is 30.1 Å². The number of thiophene rings is 1. The van der Waals surface area contributed by atoms with Crippen LogP contribution in [0.25, 0.3) is 0 Å². The van der Waals surface area contributed by atoms with Gasteiger partial charge in [0.2, 0.25) is 0 Å². The van der Waals surface area contributed by atoms with Crippen LogP contribution in [0.15, 0.2) is 22.5 Å². The molecular weight excluding hydrogens is 427 g/mol. The first kappa shape index (κ1) is 19.9. The van der Waals surface area contributed by atoms with Crippen LogP contribution in [0.4, 0.5) is 5.00 Å². The molecule has 0 unspecified atom stereocenters. The second-order valence-corrected chi connectivity index (χ2v) is 8.23. The number of nitrogens with one attached hydrogen (secondary N) is 1. The van der Waals surface area contributed by atoms with Gasteiger partial charge in [-0.3, -0.25) is 4.99 Å². The molecule has 1 aliphatic heterocycles. The van der Waals surface area contributed by atoms with E-state index in [4.69, 9.17) is 0 Å². The number of hydrogen-bond acceptors (Lipinski definition) is 4. The molecule has 1 saturated heterocycles. The summed E-state index contributed by atoms with van der Waals surface area (Å²) < 4.78 is 0.231. The Kier molecular flexibility index (Phi) is 8.34. The lowest BCUT2D eigenvalue weighted by Crippen LogP contribution is -2.53. The van der Waals surface area contributed by atoms with Gasteiger partial charge in [0.1, 0.15) is 0 Å². The number of aliphatic imine (C=N–C) groups is 1. The van der Waals surface area contributed by atoms with Crippen molar-refractivity contribution >= 4 is 58.0 Å². The van der Waals surface area contributed by atoms with Crippen LogP contribution < -0.4 is 10.2 Å². The molecule has 1 aromatic heterocycles. The van der Waals surface area contributed by atoms with Crippen molar-refractivity contribution in [2.75, 3.05) is 50.9 Å². The van der Waals surface area contributed by atoms with Gasteiger partial charge < -0.3 is 15.1 Å². The maximum absolute atomic E-state index is 4.44. The summed E-state index contributed by atoms with van der Waals surface area (Å²) in [6.45, 7) is 9.63. The average molecular weight is 454 g/mol. The Labute approximate surface area is 159 Å². The van der Waals surface area contributed by atoms with Crippen LogP contribution >= 0.6 is 47.1 Å². The van der Waals surface area contributed by atoms with Crippen molar-refractivity contribution in [2.24, 2.45) is 4.99 Å². The molecule has 1 aliphatic rings. The van der Waals surface area contributed by atoms with Crippen LogP contribution in [0, 0.1) is 0 Å². The summed E-state index contributed by atoms with van der Waals surface area (Å²) in [6, 6.07) is 4.33. The fourth-order valence-corrected chi connectivity index (χ4v) is 3.29. The minimum Gasteiger partial charge on any atom is -0.360 e. The summed E-state index contributed by atoms with van der Waals surface area (Å²) in [6.07, 6.45) is 2.16. The third-order valence-corrected chi connectivity index (χ3v) is 6.01. The first-order valence-electron chi connectivity index (χ1n) is 7.35. The van der Waals surface area contributed by atoms with E-state index in [0.29, 0.717) is 0 Å². The standard InChI is InChI=1S/C15H26N4S2.HI/c1-15(2,20-4)12-17-14(16-3)19-9-7-18(8-10-19)13-6-5-11-21-13;/h5-6,11H,7-10,12H2,1-4H3,(H,16,17);1H. The average Bonchev–Trinajstić information content (AvgIpc) is 3.03. The largest absolute Gasteiger partial charge is 0.360 e. The number of piperazine rings is 1. The quantitative estimate of drug-likeness (QED) is 0.430. The van der Waals surface area contributed by atoms with Crippen LogP contribution in [0.5, 0.6) is 0 Å². The van der Waals surface area contributed by atoms with Crippen LogP contribution in [-0.4, -0.2) is 61.6 Å². The third-order valence-electron chi connectivity index (χ3n) is 3.83. The Bertz CT molecular complexity index is 454. The summed E-state index contributed by atoms with van der Waals surface area (Å²) in [5.41, 5.74) is 0. The van der Waals surface area contributed by atoms with Crippen LogP contribution in [0.2, 0.25) is 0 Å². The van der Waals surface area contributed by atoms with Gasteiger partial charge >= 0.3 is 0 Å². The second-order valence-electron chi connectivity index (χ2n) is 5.79. The first-order valence-corrected chi connectivity index (χ1v) is 9.45. The number of rotatable bonds is 4. The van der Waals surface area contributed by atoms with Crippen molar-refractivity contribution in [3.8, 4) is 0 Å². The van der Waals surface area contributed by atoms with E-state index in [-0.39, 0.29) is 28.7 Å². The van der Waals surface area contributed by atoms with Gasteiger partial charge in [-0.05, 0) is 37.6 Å². The van der Waals surface area contributed by atoms with Gasteiger partial charge in [0.05, 0.1) is 5.00 Å². The molecule has 0 bridgehead atoms. The molecule has 0 spiro atoms. The summed E-state index contributed by atoms with van der Waals surface area (Å²) in [7, 11) is 1.88. The molecule has 0 amide bonds. The van der Waals surface area contributed by atoms with Gasteiger partial charge in [-0.1, -0.05) is 0 Å². The highest BCUT2D eigenvalue weighted by atomic mass is 127. The molecule has 0 radical (unpaired) electrons. The molecule has 0 saturated carbocycles. The van der Waals surface area contributed by atoms with Crippen LogP contribution in [0.1, 0.15) is 13.8 Å². The van der Waals surface area contributed by atoms with E-state index < -0.39 is 0 Å². The molecule has 22 heavy (non-hydrogen) atoms. The Hall–Kier alpha value is -0.150. The van der Waals surface area contributed by atoms with Gasteiger partial charge in [-0.25, -0.2) is 0 Å². The molecule has 1 N–H and O–H groups in total. The van der Waals surface area contributed by atoms with E-state index in [0.717, 1.165) is 38.7 Å². The highest BCUT2D eigenvalue weighted by molar-refractivity contribution is 14.0. The van der Waals surface area contributed by atoms with Crippen molar-refractivity contribution in [1.82, 2.24) is 10.2 Å². The first-order chi connectivity index (χ1) is 10.1. The van der Waals surface area contributed by atoms with Crippen molar-refractivity contribution in [1.29, 1.82) is 0 Å². The number of nitrogens with zero attached hydrogens (tertiary/aromatic N) is 3. The number of thioether (sulfide) groups is 1.